The second-order valence-electron chi connectivity index (χ2n) is 2.61. The maximum absolute atomic E-state index is 10.8. The average molecular weight is 252 g/mol. The van der Waals surface area contributed by atoms with Crippen LogP contribution in [0.2, 0.25) is 5.02 Å². The summed E-state index contributed by atoms with van der Waals surface area (Å²) in [5, 5.41) is 2.61. The highest BCUT2D eigenvalue weighted by Crippen LogP contribution is 2.24. The molecule has 0 heterocycles. The Hall–Kier alpha value is -1.66. The molecule has 0 aliphatic heterocycles. The van der Waals surface area contributed by atoms with E-state index in [1.54, 1.807) is 18.2 Å². The number of nitrogens with zero attached hydrogens (tertiary/aromatic N) is 1. The minimum atomic E-state index is -0.600. The molecule has 1 aromatic rings. The molecule has 80 valence electrons. The smallest absolute Gasteiger partial charge is 0.384 e. The van der Waals surface area contributed by atoms with Crippen molar-refractivity contribution >= 4 is 40.6 Å². The molecule has 0 aromatic heterocycles. The van der Waals surface area contributed by atoms with Crippen molar-refractivity contribution in [1.82, 2.24) is 0 Å². The van der Waals surface area contributed by atoms with Gasteiger partial charge in [0.15, 0.2) is 0 Å². The Morgan fingerprint density at radius 3 is 2.88 bits per heavy atom. The van der Waals surface area contributed by atoms with E-state index >= 15 is 0 Å². The van der Waals surface area contributed by atoms with Crippen molar-refractivity contribution < 1.29 is 9.53 Å². The standard InChI is InChI=1S/C11H6ClNO2S/c1-15-11(14)5-3-8-2-4-10(13-7-16)9(12)6-8/h2,4,6H,1H3. The molecule has 0 aliphatic rings. The highest BCUT2D eigenvalue weighted by molar-refractivity contribution is 7.78. The van der Waals surface area contributed by atoms with Gasteiger partial charge in [-0.1, -0.05) is 17.5 Å². The molecule has 1 aromatic carbocycles. The van der Waals surface area contributed by atoms with Gasteiger partial charge in [0.2, 0.25) is 0 Å². The molecular weight excluding hydrogens is 246 g/mol. The summed E-state index contributed by atoms with van der Waals surface area (Å²) >= 11 is 10.4. The second kappa shape index (κ2) is 6.04. The summed E-state index contributed by atoms with van der Waals surface area (Å²) in [6, 6.07) is 4.90. The van der Waals surface area contributed by atoms with E-state index in [0.717, 1.165) is 0 Å². The molecule has 1 rings (SSSR count). The first-order valence-corrected chi connectivity index (χ1v) is 4.93. The average Bonchev–Trinajstić information content (AvgIpc) is 2.29. The first-order valence-electron chi connectivity index (χ1n) is 4.14. The molecule has 0 aliphatic carbocycles. The van der Waals surface area contributed by atoms with Crippen LogP contribution in [0.25, 0.3) is 0 Å². The van der Waals surface area contributed by atoms with E-state index in [1.165, 1.54) is 7.11 Å². The number of hydrogen-bond acceptors (Lipinski definition) is 4. The molecule has 0 saturated carbocycles. The Morgan fingerprint density at radius 2 is 2.31 bits per heavy atom. The van der Waals surface area contributed by atoms with E-state index in [-0.39, 0.29) is 0 Å². The molecule has 16 heavy (non-hydrogen) atoms. The lowest BCUT2D eigenvalue weighted by Crippen LogP contribution is -1.94. The van der Waals surface area contributed by atoms with Crippen molar-refractivity contribution in [3.05, 3.63) is 28.8 Å². The lowest BCUT2D eigenvalue weighted by Gasteiger charge is -1.96. The predicted molar refractivity (Wildman–Crippen MR) is 65.0 cm³/mol. The van der Waals surface area contributed by atoms with E-state index in [0.29, 0.717) is 16.3 Å². The van der Waals surface area contributed by atoms with Gasteiger partial charge < -0.3 is 4.74 Å². The molecule has 5 heteroatoms. The van der Waals surface area contributed by atoms with Crippen molar-refractivity contribution in [3.8, 4) is 11.8 Å². The molecule has 0 amide bonds. The van der Waals surface area contributed by atoms with Crippen LogP contribution in [-0.4, -0.2) is 18.2 Å². The Bertz CT molecular complexity index is 525. The first kappa shape index (κ1) is 12.4. The number of aliphatic imine (C=N–C) groups is 1. The Kier molecular flexibility index (Phi) is 4.68. The van der Waals surface area contributed by atoms with Gasteiger partial charge in [0.05, 0.1) is 23.0 Å². The van der Waals surface area contributed by atoms with Crippen LogP contribution in [0.15, 0.2) is 23.2 Å². The molecule has 0 atom stereocenters. The van der Waals surface area contributed by atoms with Crippen LogP contribution in [-0.2, 0) is 9.53 Å². The van der Waals surface area contributed by atoms with E-state index in [2.05, 4.69) is 38.9 Å². The lowest BCUT2D eigenvalue weighted by atomic mass is 10.2. The maximum Gasteiger partial charge on any atom is 0.384 e. The summed E-state index contributed by atoms with van der Waals surface area (Å²) < 4.78 is 4.38. The quantitative estimate of drug-likeness (QED) is 0.333. The van der Waals surface area contributed by atoms with Crippen LogP contribution < -0.4 is 0 Å². The maximum atomic E-state index is 10.8. The van der Waals surface area contributed by atoms with Crippen LogP contribution in [0, 0.1) is 11.8 Å². The van der Waals surface area contributed by atoms with Gasteiger partial charge in [0.1, 0.15) is 0 Å². The Labute approximate surface area is 103 Å². The fraction of sp³-hybridized carbons (Fsp3) is 0.0909. The minimum Gasteiger partial charge on any atom is -0.459 e. The first-order chi connectivity index (χ1) is 7.67. The number of thiocarbonyl (C=S) groups is 1. The van der Waals surface area contributed by atoms with E-state index in [9.17, 15) is 4.79 Å². The van der Waals surface area contributed by atoms with E-state index in [4.69, 9.17) is 11.6 Å². The largest absolute Gasteiger partial charge is 0.459 e. The number of benzene rings is 1. The zero-order chi connectivity index (χ0) is 12.0. The second-order valence-corrected chi connectivity index (χ2v) is 3.20. The number of carbonyl (C=O) groups excluding carboxylic acids is 1. The number of methoxy groups -OCH3 is 1. The topological polar surface area (TPSA) is 38.7 Å². The van der Waals surface area contributed by atoms with Gasteiger partial charge in [0.25, 0.3) is 0 Å². The molecule has 0 spiro atoms. The number of hydrogen-bond donors (Lipinski definition) is 0. The summed E-state index contributed by atoms with van der Waals surface area (Å²) in [7, 11) is 1.27. The molecule has 3 nitrogen and oxygen atoms in total. The monoisotopic (exact) mass is 251 g/mol. The number of isothiocyanates is 1. The fourth-order valence-electron chi connectivity index (χ4n) is 0.899. The normalized spacial score (nSPS) is 8.38. The number of halogens is 1. The molecule has 0 unspecified atom stereocenters. The van der Waals surface area contributed by atoms with Gasteiger partial charge in [0, 0.05) is 11.5 Å². The Balaban J connectivity index is 3.00. The molecule has 0 saturated heterocycles. The van der Waals surface area contributed by atoms with Crippen molar-refractivity contribution in [2.24, 2.45) is 4.99 Å². The predicted octanol–water partition coefficient (Wildman–Crippen LogP) is 2.60. The fourth-order valence-corrected chi connectivity index (χ4v) is 1.22. The van der Waals surface area contributed by atoms with Crippen LogP contribution in [0.1, 0.15) is 5.56 Å². The third-order valence-electron chi connectivity index (χ3n) is 1.61. The minimum absolute atomic E-state index is 0.397. The lowest BCUT2D eigenvalue weighted by molar-refractivity contribution is -0.133. The van der Waals surface area contributed by atoms with Gasteiger partial charge >= 0.3 is 5.97 Å². The molecule has 0 fully saturated rings. The Morgan fingerprint density at radius 1 is 1.56 bits per heavy atom. The molecule has 0 bridgehead atoms. The zero-order valence-corrected chi connectivity index (χ0v) is 9.85. The third kappa shape index (κ3) is 3.48. The SMILES string of the molecule is COC(=O)C#Cc1ccc(N=C=S)c(Cl)c1. The van der Waals surface area contributed by atoms with Crippen LogP contribution in [0.5, 0.6) is 0 Å². The van der Waals surface area contributed by atoms with Gasteiger partial charge in [-0.2, -0.15) is 4.99 Å². The van der Waals surface area contributed by atoms with Gasteiger partial charge in [-0.25, -0.2) is 4.79 Å². The molecular formula is C11H6ClNO2S. The summed E-state index contributed by atoms with van der Waals surface area (Å²) in [6.07, 6.45) is 0. The van der Waals surface area contributed by atoms with E-state index < -0.39 is 5.97 Å². The van der Waals surface area contributed by atoms with Gasteiger partial charge in [-0.05, 0) is 30.4 Å². The highest BCUT2D eigenvalue weighted by Gasteiger charge is 1.99. The van der Waals surface area contributed by atoms with E-state index in [1.807, 2.05) is 0 Å². The number of rotatable bonds is 1. The van der Waals surface area contributed by atoms with Crippen molar-refractivity contribution in [3.63, 3.8) is 0 Å². The number of ether oxygens (including phenoxy) is 1. The number of carbonyl (C=O) groups is 1. The van der Waals surface area contributed by atoms with Crippen molar-refractivity contribution in [2.75, 3.05) is 7.11 Å². The molecule has 0 N–H and O–H groups in total. The highest BCUT2D eigenvalue weighted by atomic mass is 35.5. The summed E-state index contributed by atoms with van der Waals surface area (Å²) in [5.41, 5.74) is 1.11. The van der Waals surface area contributed by atoms with Crippen LogP contribution in [0.4, 0.5) is 5.69 Å². The zero-order valence-electron chi connectivity index (χ0n) is 8.28. The summed E-state index contributed by atoms with van der Waals surface area (Å²) in [5.74, 6) is 4.30. The summed E-state index contributed by atoms with van der Waals surface area (Å²) in [6.45, 7) is 0. The van der Waals surface area contributed by atoms with Crippen molar-refractivity contribution in [2.45, 2.75) is 0 Å². The third-order valence-corrected chi connectivity index (χ3v) is 2.00. The van der Waals surface area contributed by atoms with Crippen LogP contribution in [0.3, 0.4) is 0 Å². The molecule has 0 radical (unpaired) electrons. The van der Waals surface area contributed by atoms with Gasteiger partial charge in [-0.15, -0.1) is 0 Å². The van der Waals surface area contributed by atoms with Crippen LogP contribution >= 0.6 is 23.8 Å². The number of esters is 1. The summed E-state index contributed by atoms with van der Waals surface area (Å²) in [4.78, 5) is 14.5. The van der Waals surface area contributed by atoms with Gasteiger partial charge in [-0.3, -0.25) is 0 Å². The van der Waals surface area contributed by atoms with Crippen molar-refractivity contribution in [1.29, 1.82) is 0 Å².